The summed E-state index contributed by atoms with van der Waals surface area (Å²) in [5.41, 5.74) is 0.799. The number of carbonyl (C=O) groups is 2. The molecule has 0 aliphatic carbocycles. The van der Waals surface area contributed by atoms with Crippen LogP contribution in [0.3, 0.4) is 0 Å². The second-order valence-electron chi connectivity index (χ2n) is 5.39. The lowest BCUT2D eigenvalue weighted by atomic mass is 10.1. The minimum atomic E-state index is -0.634. The van der Waals surface area contributed by atoms with Crippen molar-refractivity contribution in [1.82, 2.24) is 5.32 Å². The van der Waals surface area contributed by atoms with Crippen LogP contribution in [0.2, 0.25) is 0 Å². The number of thioether (sulfide) groups is 1. The van der Waals surface area contributed by atoms with Crippen molar-refractivity contribution >= 4 is 22.8 Å². The molecule has 1 aromatic rings. The molecule has 5 heteroatoms. The Kier molecular flexibility index (Phi) is 8.20. The van der Waals surface area contributed by atoms with E-state index in [1.165, 1.54) is 11.8 Å². The summed E-state index contributed by atoms with van der Waals surface area (Å²) >= 11 is 1.29. The molecule has 2 atom stereocenters. The monoisotopic (exact) mass is 323 g/mol. The van der Waals surface area contributed by atoms with E-state index in [4.69, 9.17) is 4.74 Å². The first-order valence-corrected chi connectivity index (χ1v) is 8.62. The van der Waals surface area contributed by atoms with Crippen molar-refractivity contribution in [1.29, 1.82) is 0 Å². The van der Waals surface area contributed by atoms with Crippen molar-refractivity contribution in [3.05, 3.63) is 35.9 Å². The molecule has 0 amide bonds. The van der Waals surface area contributed by atoms with Gasteiger partial charge in [-0.2, -0.15) is 0 Å². The Morgan fingerprint density at radius 2 is 1.82 bits per heavy atom. The summed E-state index contributed by atoms with van der Waals surface area (Å²) in [4.78, 5) is 24.4. The summed E-state index contributed by atoms with van der Waals surface area (Å²) in [5.74, 6) is 0.429. The second kappa shape index (κ2) is 9.64. The molecule has 0 aliphatic heterocycles. The van der Waals surface area contributed by atoms with Gasteiger partial charge in [0, 0.05) is 5.75 Å². The first kappa shape index (κ1) is 18.7. The lowest BCUT2D eigenvalue weighted by Crippen LogP contribution is -2.40. The summed E-state index contributed by atoms with van der Waals surface area (Å²) in [6.45, 7) is 7.44. The number of ether oxygens (including phenoxy) is 1. The zero-order valence-electron chi connectivity index (χ0n) is 13.7. The Hall–Kier alpha value is -1.33. The molecule has 0 bridgehead atoms. The first-order chi connectivity index (χ1) is 10.5. The average Bonchev–Trinajstić information content (AvgIpc) is 2.49. The van der Waals surface area contributed by atoms with Gasteiger partial charge in [-0.1, -0.05) is 49.0 Å². The number of benzene rings is 1. The van der Waals surface area contributed by atoms with Gasteiger partial charge in [0.1, 0.15) is 6.04 Å². The van der Waals surface area contributed by atoms with E-state index in [1.807, 2.05) is 51.1 Å². The van der Waals surface area contributed by atoms with Crippen LogP contribution in [0.1, 0.15) is 45.7 Å². The van der Waals surface area contributed by atoms with Crippen LogP contribution in [0.4, 0.5) is 0 Å². The highest BCUT2D eigenvalue weighted by Gasteiger charge is 2.26. The third-order valence-corrected chi connectivity index (χ3v) is 4.19. The maximum Gasteiger partial charge on any atom is 0.328 e. The van der Waals surface area contributed by atoms with Gasteiger partial charge in [-0.3, -0.25) is 10.1 Å². The fourth-order valence-corrected chi connectivity index (χ4v) is 2.62. The minimum Gasteiger partial charge on any atom is -0.462 e. The van der Waals surface area contributed by atoms with E-state index < -0.39 is 12.1 Å². The van der Waals surface area contributed by atoms with Crippen LogP contribution >= 0.6 is 11.8 Å². The van der Waals surface area contributed by atoms with E-state index in [1.54, 1.807) is 6.92 Å². The Labute approximate surface area is 137 Å². The SMILES string of the molecule is CCCSC(=O)C(C)NC(C(=O)OC(C)C)c1ccccc1. The van der Waals surface area contributed by atoms with Gasteiger partial charge in [0.2, 0.25) is 5.12 Å². The maximum absolute atomic E-state index is 12.3. The molecule has 0 spiro atoms. The molecular formula is C17H25NO3S. The summed E-state index contributed by atoms with van der Waals surface area (Å²) in [5, 5.41) is 3.14. The van der Waals surface area contributed by atoms with Gasteiger partial charge in [-0.25, -0.2) is 4.79 Å². The van der Waals surface area contributed by atoms with Crippen molar-refractivity contribution in [2.75, 3.05) is 5.75 Å². The summed E-state index contributed by atoms with van der Waals surface area (Å²) < 4.78 is 5.31. The van der Waals surface area contributed by atoms with E-state index >= 15 is 0 Å². The molecule has 2 unspecified atom stereocenters. The summed E-state index contributed by atoms with van der Waals surface area (Å²) in [6.07, 6.45) is 0.752. The van der Waals surface area contributed by atoms with E-state index in [0.717, 1.165) is 17.7 Å². The number of hydrogen-bond donors (Lipinski definition) is 1. The molecule has 1 aromatic carbocycles. The molecule has 0 aromatic heterocycles. The lowest BCUT2D eigenvalue weighted by molar-refractivity contribution is -0.150. The molecule has 0 saturated heterocycles. The number of carbonyl (C=O) groups excluding carboxylic acids is 2. The molecule has 0 aliphatic rings. The standard InChI is InChI=1S/C17H25NO3S/c1-5-11-22-17(20)13(4)18-15(16(19)21-12(2)3)14-9-7-6-8-10-14/h6-10,12-13,15,18H,5,11H2,1-4H3. The summed E-state index contributed by atoms with van der Waals surface area (Å²) in [6, 6.07) is 8.28. The quantitative estimate of drug-likeness (QED) is 0.744. The Balaban J connectivity index is 2.82. The van der Waals surface area contributed by atoms with Crippen molar-refractivity contribution in [2.45, 2.75) is 52.3 Å². The number of nitrogens with one attached hydrogen (secondary N) is 1. The minimum absolute atomic E-state index is 0.0418. The third kappa shape index (κ3) is 6.20. The van der Waals surface area contributed by atoms with Crippen molar-refractivity contribution < 1.29 is 14.3 Å². The van der Waals surface area contributed by atoms with Crippen LogP contribution in [0.15, 0.2) is 30.3 Å². The van der Waals surface area contributed by atoms with Gasteiger partial charge in [0.15, 0.2) is 0 Å². The van der Waals surface area contributed by atoms with E-state index in [0.29, 0.717) is 0 Å². The van der Waals surface area contributed by atoms with Gasteiger partial charge in [0.05, 0.1) is 12.1 Å². The van der Waals surface area contributed by atoms with E-state index in [9.17, 15) is 9.59 Å². The van der Waals surface area contributed by atoms with Gasteiger partial charge >= 0.3 is 5.97 Å². The fraction of sp³-hybridized carbons (Fsp3) is 0.529. The Bertz CT molecular complexity index is 476. The largest absolute Gasteiger partial charge is 0.462 e. The molecule has 1 N–H and O–H groups in total. The molecular weight excluding hydrogens is 298 g/mol. The predicted octanol–water partition coefficient (Wildman–Crippen LogP) is 3.33. The molecule has 0 radical (unpaired) electrons. The zero-order valence-corrected chi connectivity index (χ0v) is 14.5. The third-order valence-electron chi connectivity index (χ3n) is 2.94. The predicted molar refractivity (Wildman–Crippen MR) is 90.8 cm³/mol. The zero-order chi connectivity index (χ0) is 16.5. The highest BCUT2D eigenvalue weighted by molar-refractivity contribution is 8.13. The van der Waals surface area contributed by atoms with Gasteiger partial charge in [-0.05, 0) is 32.8 Å². The molecule has 1 rings (SSSR count). The number of rotatable bonds is 8. The first-order valence-electron chi connectivity index (χ1n) is 7.63. The van der Waals surface area contributed by atoms with Crippen molar-refractivity contribution in [2.24, 2.45) is 0 Å². The maximum atomic E-state index is 12.3. The topological polar surface area (TPSA) is 55.4 Å². The van der Waals surface area contributed by atoms with E-state index in [2.05, 4.69) is 5.32 Å². The van der Waals surface area contributed by atoms with Crippen LogP contribution in [0, 0.1) is 0 Å². The molecule has 122 valence electrons. The highest BCUT2D eigenvalue weighted by atomic mass is 32.2. The van der Waals surface area contributed by atoms with Crippen LogP contribution in [0.25, 0.3) is 0 Å². The molecule has 22 heavy (non-hydrogen) atoms. The second-order valence-corrected chi connectivity index (χ2v) is 6.48. The molecule has 0 fully saturated rings. The van der Waals surface area contributed by atoms with Gasteiger partial charge in [-0.15, -0.1) is 0 Å². The van der Waals surface area contributed by atoms with Crippen LogP contribution in [0.5, 0.6) is 0 Å². The molecule has 0 saturated carbocycles. The Morgan fingerprint density at radius 3 is 2.36 bits per heavy atom. The van der Waals surface area contributed by atoms with E-state index in [-0.39, 0.29) is 17.2 Å². The fourth-order valence-electron chi connectivity index (χ4n) is 1.89. The Morgan fingerprint density at radius 1 is 1.18 bits per heavy atom. The number of esters is 1. The van der Waals surface area contributed by atoms with Gasteiger partial charge < -0.3 is 4.74 Å². The summed E-state index contributed by atoms with van der Waals surface area (Å²) in [7, 11) is 0. The average molecular weight is 323 g/mol. The van der Waals surface area contributed by atoms with Gasteiger partial charge in [0.25, 0.3) is 0 Å². The highest BCUT2D eigenvalue weighted by Crippen LogP contribution is 2.18. The van der Waals surface area contributed by atoms with Crippen LogP contribution < -0.4 is 5.32 Å². The number of hydrogen-bond acceptors (Lipinski definition) is 5. The van der Waals surface area contributed by atoms with Crippen molar-refractivity contribution in [3.8, 4) is 0 Å². The normalized spacial score (nSPS) is 13.7. The van der Waals surface area contributed by atoms with Crippen molar-refractivity contribution in [3.63, 3.8) is 0 Å². The van der Waals surface area contributed by atoms with Crippen LogP contribution in [-0.4, -0.2) is 29.0 Å². The lowest BCUT2D eigenvalue weighted by Gasteiger charge is -2.22. The molecule has 4 nitrogen and oxygen atoms in total. The van der Waals surface area contributed by atoms with Crippen LogP contribution in [-0.2, 0) is 14.3 Å². The smallest absolute Gasteiger partial charge is 0.328 e. The molecule has 0 heterocycles.